The van der Waals surface area contributed by atoms with Crippen molar-refractivity contribution in [3.05, 3.63) is 59.5 Å². The molecule has 0 aliphatic carbocycles. The Kier molecular flexibility index (Phi) is 4.49. The number of hydrogen-bond donors (Lipinski definition) is 1. The molecule has 0 bridgehead atoms. The van der Waals surface area contributed by atoms with Gasteiger partial charge in [-0.15, -0.1) is 16.9 Å². The van der Waals surface area contributed by atoms with Crippen LogP contribution in [0.25, 0.3) is 0 Å². The average Bonchev–Trinajstić information content (AvgIpc) is 3.30. The number of rotatable bonds is 5. The second kappa shape index (κ2) is 7.09. The van der Waals surface area contributed by atoms with Crippen molar-refractivity contribution in [3.8, 4) is 11.5 Å². The lowest BCUT2D eigenvalue weighted by molar-refractivity contribution is 0.102. The SMILES string of the molecule is CSc1cccc(C(=O)Nc2nnc(Cc3ccc4c(c3)OCO4)o2)c1. The van der Waals surface area contributed by atoms with E-state index >= 15 is 0 Å². The van der Waals surface area contributed by atoms with Crippen LogP contribution >= 0.6 is 11.8 Å². The molecular weight excluding hydrogens is 354 g/mol. The van der Waals surface area contributed by atoms with Crippen LogP contribution < -0.4 is 14.8 Å². The fourth-order valence-corrected chi connectivity index (χ4v) is 2.99. The summed E-state index contributed by atoms with van der Waals surface area (Å²) < 4.78 is 16.2. The Hall–Kier alpha value is -3.00. The molecule has 1 aliphatic heterocycles. The maximum Gasteiger partial charge on any atom is 0.322 e. The molecule has 0 unspecified atom stereocenters. The van der Waals surface area contributed by atoms with E-state index in [1.807, 2.05) is 42.7 Å². The van der Waals surface area contributed by atoms with E-state index in [0.717, 1.165) is 16.2 Å². The number of nitrogens with zero attached hydrogens (tertiary/aromatic N) is 2. The molecule has 0 saturated heterocycles. The van der Waals surface area contributed by atoms with Crippen LogP contribution in [0.15, 0.2) is 51.8 Å². The van der Waals surface area contributed by atoms with E-state index in [9.17, 15) is 4.79 Å². The third-order valence-corrected chi connectivity index (χ3v) is 4.54. The molecule has 26 heavy (non-hydrogen) atoms. The number of fused-ring (bicyclic) bond motifs is 1. The van der Waals surface area contributed by atoms with E-state index in [0.29, 0.717) is 23.6 Å². The first-order valence-electron chi connectivity index (χ1n) is 7.87. The molecule has 4 rings (SSSR count). The standard InChI is InChI=1S/C18H15N3O4S/c1-26-13-4-2-3-12(9-13)17(22)19-18-21-20-16(25-18)8-11-5-6-14-15(7-11)24-10-23-14/h2-7,9H,8,10H2,1H3,(H,19,21,22). The molecule has 1 aliphatic rings. The minimum Gasteiger partial charge on any atom is -0.454 e. The lowest BCUT2D eigenvalue weighted by atomic mass is 10.1. The molecule has 1 amide bonds. The zero-order chi connectivity index (χ0) is 17.9. The molecular formula is C18H15N3O4S. The molecule has 1 N–H and O–H groups in total. The predicted octanol–water partition coefficient (Wildman–Crippen LogP) is 3.36. The smallest absolute Gasteiger partial charge is 0.322 e. The van der Waals surface area contributed by atoms with Crippen molar-refractivity contribution in [2.75, 3.05) is 18.4 Å². The maximum atomic E-state index is 12.3. The fraction of sp³-hybridized carbons (Fsp3) is 0.167. The highest BCUT2D eigenvalue weighted by Gasteiger charge is 2.16. The molecule has 2 heterocycles. The van der Waals surface area contributed by atoms with Crippen LogP contribution in [-0.2, 0) is 6.42 Å². The summed E-state index contributed by atoms with van der Waals surface area (Å²) in [5, 5.41) is 10.5. The van der Waals surface area contributed by atoms with Crippen molar-refractivity contribution in [3.63, 3.8) is 0 Å². The van der Waals surface area contributed by atoms with Crippen LogP contribution in [-0.4, -0.2) is 29.2 Å². The monoisotopic (exact) mass is 369 g/mol. The molecule has 3 aromatic rings. The van der Waals surface area contributed by atoms with Crippen molar-refractivity contribution in [1.29, 1.82) is 0 Å². The first-order valence-corrected chi connectivity index (χ1v) is 9.10. The van der Waals surface area contributed by atoms with Crippen molar-refractivity contribution in [1.82, 2.24) is 10.2 Å². The number of thioether (sulfide) groups is 1. The lowest BCUT2D eigenvalue weighted by Crippen LogP contribution is -2.12. The van der Waals surface area contributed by atoms with Gasteiger partial charge in [0.1, 0.15) is 0 Å². The van der Waals surface area contributed by atoms with Crippen molar-refractivity contribution in [2.45, 2.75) is 11.3 Å². The number of aromatic nitrogens is 2. The molecule has 0 spiro atoms. The van der Waals surface area contributed by atoms with E-state index in [2.05, 4.69) is 15.5 Å². The van der Waals surface area contributed by atoms with Crippen molar-refractivity contribution in [2.24, 2.45) is 0 Å². The fourth-order valence-electron chi connectivity index (χ4n) is 2.53. The van der Waals surface area contributed by atoms with Gasteiger partial charge in [-0.05, 0) is 42.2 Å². The van der Waals surface area contributed by atoms with Gasteiger partial charge in [0.25, 0.3) is 5.91 Å². The second-order valence-corrected chi connectivity index (χ2v) is 6.43. The number of amides is 1. The summed E-state index contributed by atoms with van der Waals surface area (Å²) in [5.74, 6) is 1.53. The molecule has 1 aromatic heterocycles. The molecule has 8 heteroatoms. The van der Waals surface area contributed by atoms with Gasteiger partial charge in [0.15, 0.2) is 11.5 Å². The number of benzene rings is 2. The Morgan fingerprint density at radius 2 is 2.04 bits per heavy atom. The number of carbonyl (C=O) groups excluding carboxylic acids is 1. The average molecular weight is 369 g/mol. The number of ether oxygens (including phenoxy) is 2. The summed E-state index contributed by atoms with van der Waals surface area (Å²) >= 11 is 1.57. The normalized spacial score (nSPS) is 12.2. The molecule has 0 radical (unpaired) electrons. The molecule has 0 fully saturated rings. The predicted molar refractivity (Wildman–Crippen MR) is 95.8 cm³/mol. The Balaban J connectivity index is 1.43. The van der Waals surface area contributed by atoms with Crippen molar-refractivity contribution < 1.29 is 18.7 Å². The van der Waals surface area contributed by atoms with Gasteiger partial charge in [-0.1, -0.05) is 17.2 Å². The van der Waals surface area contributed by atoms with Gasteiger partial charge in [-0.25, -0.2) is 0 Å². The van der Waals surface area contributed by atoms with Crippen LogP contribution in [0, 0.1) is 0 Å². The first-order chi connectivity index (χ1) is 12.7. The quantitative estimate of drug-likeness (QED) is 0.690. The van der Waals surface area contributed by atoms with Gasteiger partial charge in [0.2, 0.25) is 12.7 Å². The summed E-state index contributed by atoms with van der Waals surface area (Å²) in [5.41, 5.74) is 1.48. The van der Waals surface area contributed by atoms with Crippen LogP contribution in [0.4, 0.5) is 6.01 Å². The Morgan fingerprint density at radius 1 is 1.15 bits per heavy atom. The number of carbonyl (C=O) groups is 1. The Labute approximate surface area is 153 Å². The second-order valence-electron chi connectivity index (χ2n) is 5.55. The van der Waals surface area contributed by atoms with Gasteiger partial charge < -0.3 is 13.9 Å². The van der Waals surface area contributed by atoms with Gasteiger partial charge in [0.05, 0.1) is 6.42 Å². The highest BCUT2D eigenvalue weighted by atomic mass is 32.2. The summed E-state index contributed by atoms with van der Waals surface area (Å²) in [6.07, 6.45) is 2.39. The zero-order valence-corrected chi connectivity index (χ0v) is 14.7. The highest BCUT2D eigenvalue weighted by Crippen LogP contribution is 2.33. The van der Waals surface area contributed by atoms with E-state index in [-0.39, 0.29) is 18.7 Å². The van der Waals surface area contributed by atoms with Crippen LogP contribution in [0.2, 0.25) is 0 Å². The maximum absolute atomic E-state index is 12.3. The Morgan fingerprint density at radius 3 is 2.92 bits per heavy atom. The van der Waals surface area contributed by atoms with Gasteiger partial charge >= 0.3 is 6.01 Å². The van der Waals surface area contributed by atoms with Crippen molar-refractivity contribution >= 4 is 23.7 Å². The summed E-state index contributed by atoms with van der Waals surface area (Å²) in [4.78, 5) is 13.3. The van der Waals surface area contributed by atoms with E-state index in [1.54, 1.807) is 17.8 Å². The van der Waals surface area contributed by atoms with E-state index in [4.69, 9.17) is 13.9 Å². The molecule has 7 nitrogen and oxygen atoms in total. The highest BCUT2D eigenvalue weighted by molar-refractivity contribution is 7.98. The third-order valence-electron chi connectivity index (χ3n) is 3.81. The van der Waals surface area contributed by atoms with Crippen LogP contribution in [0.3, 0.4) is 0 Å². The van der Waals surface area contributed by atoms with E-state index < -0.39 is 0 Å². The molecule has 132 valence electrons. The summed E-state index contributed by atoms with van der Waals surface area (Å²) in [6.45, 7) is 0.229. The largest absolute Gasteiger partial charge is 0.454 e. The van der Waals surface area contributed by atoms with Gasteiger partial charge in [-0.3, -0.25) is 10.1 Å². The lowest BCUT2D eigenvalue weighted by Gasteiger charge is -2.02. The molecule has 0 saturated carbocycles. The third kappa shape index (κ3) is 3.50. The van der Waals surface area contributed by atoms with Gasteiger partial charge in [0, 0.05) is 10.5 Å². The van der Waals surface area contributed by atoms with Crippen LogP contribution in [0.5, 0.6) is 11.5 Å². The summed E-state index contributed by atoms with van der Waals surface area (Å²) in [7, 11) is 0. The Bertz CT molecular complexity index is 957. The molecule has 2 aromatic carbocycles. The molecule has 0 atom stereocenters. The first kappa shape index (κ1) is 16.5. The number of hydrogen-bond acceptors (Lipinski definition) is 7. The van der Waals surface area contributed by atoms with Gasteiger partial charge in [-0.2, -0.15) is 0 Å². The van der Waals surface area contributed by atoms with Crippen LogP contribution in [0.1, 0.15) is 21.8 Å². The number of anilines is 1. The number of nitrogens with one attached hydrogen (secondary N) is 1. The summed E-state index contributed by atoms with van der Waals surface area (Å²) in [6, 6.07) is 13.0. The minimum absolute atomic E-state index is 0.0697. The topological polar surface area (TPSA) is 86.5 Å². The van der Waals surface area contributed by atoms with E-state index in [1.165, 1.54) is 0 Å². The zero-order valence-electron chi connectivity index (χ0n) is 13.9. The minimum atomic E-state index is -0.292.